The first-order valence-electron chi connectivity index (χ1n) is 19.8. The molecule has 0 radical (unpaired) electrons. The van der Waals surface area contributed by atoms with Crippen LogP contribution in [0.5, 0.6) is 0 Å². The fourth-order valence-electron chi connectivity index (χ4n) is 11.2. The predicted octanol–water partition coefficient (Wildman–Crippen LogP) is 17.3. The zero-order valence-corrected chi connectivity index (χ0v) is 38.8. The first-order chi connectivity index (χ1) is 28.5. The second-order valence-electron chi connectivity index (χ2n) is 16.1. The Labute approximate surface area is 371 Å². The third-order valence-electron chi connectivity index (χ3n) is 13.6. The average Bonchev–Trinajstić information content (AvgIpc) is 4.12. The molecule has 58 heavy (non-hydrogen) atoms. The molecule has 2 aromatic heterocycles. The first kappa shape index (κ1) is 35.8. The van der Waals surface area contributed by atoms with E-state index in [9.17, 15) is 0 Å². The Morgan fingerprint density at radius 3 is 0.966 bits per heavy atom. The zero-order valence-electron chi connectivity index (χ0n) is 32.2. The number of benzene rings is 7. The van der Waals surface area contributed by atoms with E-state index >= 15 is 0 Å². The van der Waals surface area contributed by atoms with Gasteiger partial charge in [0.25, 0.3) is 8.38 Å². The lowest BCUT2D eigenvalue weighted by molar-refractivity contribution is 0.796. The van der Waals surface area contributed by atoms with Crippen LogP contribution in [0, 0.1) is 0 Å². The molecule has 282 valence electrons. The summed E-state index contributed by atoms with van der Waals surface area (Å²) < 4.78 is 8.65. The highest BCUT2D eigenvalue weighted by molar-refractivity contribution is 8.05. The van der Waals surface area contributed by atoms with E-state index in [0.29, 0.717) is 23.7 Å². The summed E-state index contributed by atoms with van der Waals surface area (Å²) in [5.41, 5.74) is 15.4. The van der Waals surface area contributed by atoms with E-state index in [4.69, 9.17) is 0 Å². The molecule has 4 aliphatic carbocycles. The number of fused-ring (bicyclic) bond motifs is 20. The molecule has 4 unspecified atom stereocenters. The lowest BCUT2D eigenvalue weighted by Crippen LogP contribution is -2.05. The molecule has 13 rings (SSSR count). The van der Waals surface area contributed by atoms with Gasteiger partial charge in [-0.05, 0) is 150 Å². The molecule has 0 N–H and O–H groups in total. The van der Waals surface area contributed by atoms with Crippen molar-refractivity contribution in [1.82, 2.24) is 0 Å². The summed E-state index contributed by atoms with van der Waals surface area (Å²) in [6.45, 7) is 0. The zero-order chi connectivity index (χ0) is 38.6. The van der Waals surface area contributed by atoms with Crippen molar-refractivity contribution in [2.75, 3.05) is 25.0 Å². The van der Waals surface area contributed by atoms with E-state index in [0.717, 1.165) is 0 Å². The quantitative estimate of drug-likeness (QED) is 0.0926. The third-order valence-corrected chi connectivity index (χ3v) is 24.0. The van der Waals surface area contributed by atoms with E-state index in [2.05, 4.69) is 122 Å². The molecular weight excluding hydrogens is 857 g/mol. The molecule has 0 spiro atoms. The summed E-state index contributed by atoms with van der Waals surface area (Å²) in [5.74, 6) is 1.79. The van der Waals surface area contributed by atoms with Gasteiger partial charge in [0.2, 0.25) is 16.8 Å². The van der Waals surface area contributed by atoms with E-state index < -0.39 is 0 Å². The molecule has 0 saturated heterocycles. The third kappa shape index (κ3) is 4.92. The highest BCUT2D eigenvalue weighted by atomic mass is 32.2. The Bertz CT molecular complexity index is 2860. The minimum Gasteiger partial charge on any atom is -0.0908 e. The van der Waals surface area contributed by atoms with Gasteiger partial charge in [-0.3, -0.25) is 0 Å². The second-order valence-corrected chi connectivity index (χ2v) is 25.0. The maximum Gasteiger partial charge on any atom is 0.288 e. The molecule has 4 aliphatic rings. The Morgan fingerprint density at radius 2 is 0.707 bits per heavy atom. The van der Waals surface area contributed by atoms with E-state index in [1.54, 1.807) is 44.5 Å². The van der Waals surface area contributed by atoms with Gasteiger partial charge in [0.1, 0.15) is 45.3 Å². The monoisotopic (exact) mass is 892 g/mol. The van der Waals surface area contributed by atoms with Gasteiger partial charge in [-0.2, -0.15) is 0 Å². The number of thioether (sulfide) groups is 4. The molecule has 0 amide bonds. The predicted molar refractivity (Wildman–Crippen MR) is 264 cm³/mol. The summed E-state index contributed by atoms with van der Waals surface area (Å²) in [7, 11) is 0. The first-order valence-corrected chi connectivity index (χ1v) is 28.0. The van der Waals surface area contributed by atoms with Gasteiger partial charge in [0, 0.05) is 23.7 Å². The summed E-state index contributed by atoms with van der Waals surface area (Å²) in [6.07, 6.45) is 11.4. The molecule has 4 bridgehead atoms. The Morgan fingerprint density at radius 1 is 0.414 bits per heavy atom. The lowest BCUT2D eigenvalue weighted by atomic mass is 9.79. The highest BCUT2D eigenvalue weighted by Crippen LogP contribution is 2.63. The van der Waals surface area contributed by atoms with Crippen LogP contribution in [0.3, 0.4) is 0 Å². The van der Waals surface area contributed by atoms with Gasteiger partial charge in [-0.15, -0.1) is 0 Å². The molecule has 4 atom stereocenters. The minimum absolute atomic E-state index is 0.448. The fraction of sp³-hybridized carbons (Fsp3) is 0.200. The van der Waals surface area contributed by atoms with Crippen LogP contribution >= 0.6 is 92.4 Å². The Kier molecular flexibility index (Phi) is 8.20. The molecule has 2 heterocycles. The fourth-order valence-corrected chi connectivity index (χ4v) is 21.5. The van der Waals surface area contributed by atoms with Gasteiger partial charge in [-0.1, -0.05) is 120 Å². The van der Waals surface area contributed by atoms with Crippen molar-refractivity contribution in [1.29, 1.82) is 0 Å². The summed E-state index contributed by atoms with van der Waals surface area (Å²) >= 11 is 15.7. The normalized spacial score (nSPS) is 19.5. The van der Waals surface area contributed by atoms with E-state index in [1.807, 2.05) is 92.4 Å². The van der Waals surface area contributed by atoms with E-state index in [-0.39, 0.29) is 0 Å². The number of hydrogen-bond donors (Lipinski definition) is 0. The maximum atomic E-state index is 2.69. The lowest BCUT2D eigenvalue weighted by Gasteiger charge is -2.24. The number of hydrogen-bond acceptors (Lipinski definition) is 6. The van der Waals surface area contributed by atoms with Crippen LogP contribution in [0.1, 0.15) is 81.0 Å². The molecular formula is C50H36S8+2. The molecule has 0 nitrogen and oxygen atoms in total. The summed E-state index contributed by atoms with van der Waals surface area (Å²) in [6, 6.07) is 38.8. The smallest absolute Gasteiger partial charge is 0.0908 e. The highest BCUT2D eigenvalue weighted by Gasteiger charge is 2.45. The summed E-state index contributed by atoms with van der Waals surface area (Å²) in [5, 5.41) is 11.2. The minimum atomic E-state index is 0.448. The number of rotatable bonds is 6. The van der Waals surface area contributed by atoms with Gasteiger partial charge in [0.15, 0.2) is 0 Å². The molecule has 8 heteroatoms. The SMILES string of the molecule is CSc1sc(-c2c3cc4c(cc3c(-c3sc(SC)c(SC)[s+]3)c3cc5c(cc23)C2CC5c3cc5ccccc5cc32)C2CC4c3cc4ccccc4cc32)[s+]c1SC. The second kappa shape index (κ2) is 13.3. The summed E-state index contributed by atoms with van der Waals surface area (Å²) in [4.78, 5) is 0. The van der Waals surface area contributed by atoms with Crippen molar-refractivity contribution in [3.05, 3.63) is 142 Å². The molecule has 7 aromatic carbocycles. The molecule has 9 aromatic rings. The Hall–Kier alpha value is -2.92. The maximum absolute atomic E-state index is 2.69. The van der Waals surface area contributed by atoms with Crippen molar-refractivity contribution in [2.24, 2.45) is 0 Å². The van der Waals surface area contributed by atoms with Crippen LogP contribution < -0.4 is 0 Å². The van der Waals surface area contributed by atoms with Crippen LogP contribution in [0.4, 0.5) is 0 Å². The van der Waals surface area contributed by atoms with Gasteiger partial charge in [0.05, 0.1) is 11.1 Å². The molecule has 0 fully saturated rings. The topological polar surface area (TPSA) is 0 Å². The van der Waals surface area contributed by atoms with Gasteiger partial charge in [-0.25, -0.2) is 0 Å². The van der Waals surface area contributed by atoms with Gasteiger partial charge < -0.3 is 0 Å². The van der Waals surface area contributed by atoms with Crippen LogP contribution in [0.25, 0.3) is 62.6 Å². The van der Waals surface area contributed by atoms with Crippen LogP contribution in [-0.4, -0.2) is 25.0 Å². The van der Waals surface area contributed by atoms with E-state index in [1.165, 1.54) is 92.3 Å². The van der Waals surface area contributed by atoms with Crippen LogP contribution in [0.2, 0.25) is 0 Å². The molecule has 0 saturated carbocycles. The Balaban J connectivity index is 1.14. The molecule has 0 aliphatic heterocycles. The van der Waals surface area contributed by atoms with Crippen LogP contribution in [0.15, 0.2) is 114 Å². The van der Waals surface area contributed by atoms with Crippen molar-refractivity contribution in [3.8, 4) is 19.5 Å². The average molecular weight is 893 g/mol. The van der Waals surface area contributed by atoms with Crippen molar-refractivity contribution >= 4 is 135 Å². The van der Waals surface area contributed by atoms with Crippen molar-refractivity contribution < 1.29 is 0 Å². The van der Waals surface area contributed by atoms with Crippen molar-refractivity contribution in [2.45, 2.75) is 53.3 Å². The standard InChI is InChI=1S/C50H36S8/c1-51-47-48(52-2)56-45(55-47)43-39-19-35-31-17-33(29-15-25-11-7-5-9-23(25)13-27(29)31)37(35)21-41(39)44(46-57-49(53-3)50(54-4)58-46)42-22-38-34-18-32(36(38)20-40(42)43)28-14-24-10-6-8-12-26(24)16-30(28)34/h5-16,19-22,31-34H,17-18H2,1-4H3/q+2. The van der Waals surface area contributed by atoms with Crippen LogP contribution in [-0.2, 0) is 0 Å². The largest absolute Gasteiger partial charge is 0.288 e. The van der Waals surface area contributed by atoms with Gasteiger partial charge >= 0.3 is 0 Å². The van der Waals surface area contributed by atoms with Crippen molar-refractivity contribution in [3.63, 3.8) is 0 Å².